The first kappa shape index (κ1) is 18.5. The van der Waals surface area contributed by atoms with Gasteiger partial charge in [0.25, 0.3) is 0 Å². The van der Waals surface area contributed by atoms with Gasteiger partial charge in [0.2, 0.25) is 5.91 Å². The smallest absolute Gasteiger partial charge is 0.235 e. The Bertz CT molecular complexity index is 891. The van der Waals surface area contributed by atoms with Crippen LogP contribution in [0.2, 0.25) is 0 Å². The highest BCUT2D eigenvalue weighted by molar-refractivity contribution is 7.99. The van der Waals surface area contributed by atoms with E-state index in [1.807, 2.05) is 0 Å². The van der Waals surface area contributed by atoms with Crippen LogP contribution < -0.4 is 5.32 Å². The minimum atomic E-state index is -0.0888. The van der Waals surface area contributed by atoms with Crippen molar-refractivity contribution in [1.29, 1.82) is 5.26 Å². The molecule has 2 heterocycles. The molecule has 4 rings (SSSR count). The van der Waals surface area contributed by atoms with Crippen LogP contribution in [-0.4, -0.2) is 26.4 Å². The number of aromatic nitrogens is 3. The lowest BCUT2D eigenvalue weighted by molar-refractivity contribution is -0.113. The maximum atomic E-state index is 12.5. The number of hydrogen-bond donors (Lipinski definition) is 1. The molecule has 2 aliphatic rings. The maximum absolute atomic E-state index is 12.5. The van der Waals surface area contributed by atoms with E-state index in [1.54, 1.807) is 11.3 Å². The molecule has 27 heavy (non-hydrogen) atoms. The van der Waals surface area contributed by atoms with Gasteiger partial charge in [-0.05, 0) is 50.5 Å². The van der Waals surface area contributed by atoms with Gasteiger partial charge in [-0.1, -0.05) is 18.7 Å². The van der Waals surface area contributed by atoms with Gasteiger partial charge < -0.3 is 9.88 Å². The Hall–Kier alpha value is -1.85. The van der Waals surface area contributed by atoms with Crippen molar-refractivity contribution in [1.82, 2.24) is 14.8 Å². The topological polar surface area (TPSA) is 83.6 Å². The van der Waals surface area contributed by atoms with E-state index in [4.69, 9.17) is 0 Å². The SMILES string of the molecule is CCCn1c(SCC(=O)Nc2sc3c(c2C#N)CCCC3)nnc1C1CC1. The number of rotatable bonds is 7. The molecule has 142 valence electrons. The van der Waals surface area contributed by atoms with Crippen LogP contribution in [0.4, 0.5) is 5.00 Å². The minimum Gasteiger partial charge on any atom is -0.316 e. The lowest BCUT2D eigenvalue weighted by Crippen LogP contribution is -2.15. The van der Waals surface area contributed by atoms with E-state index in [9.17, 15) is 10.1 Å². The third kappa shape index (κ3) is 3.90. The number of carbonyl (C=O) groups excluding carboxylic acids is 1. The molecule has 0 bridgehead atoms. The summed E-state index contributed by atoms with van der Waals surface area (Å²) in [5.41, 5.74) is 1.81. The zero-order chi connectivity index (χ0) is 18.8. The fourth-order valence-corrected chi connectivity index (χ4v) is 5.58. The number of hydrogen-bond acceptors (Lipinski definition) is 6. The molecule has 2 aromatic heterocycles. The quantitative estimate of drug-likeness (QED) is 0.706. The van der Waals surface area contributed by atoms with Crippen LogP contribution in [0.5, 0.6) is 0 Å². The van der Waals surface area contributed by atoms with Gasteiger partial charge in [-0.2, -0.15) is 5.26 Å². The molecule has 1 saturated carbocycles. The largest absolute Gasteiger partial charge is 0.316 e. The first-order valence-corrected chi connectivity index (χ1v) is 11.4. The van der Waals surface area contributed by atoms with Crippen molar-refractivity contribution in [3.63, 3.8) is 0 Å². The molecule has 0 saturated heterocycles. The van der Waals surface area contributed by atoms with Crippen molar-refractivity contribution in [2.45, 2.75) is 69.5 Å². The van der Waals surface area contributed by atoms with Crippen LogP contribution in [0, 0.1) is 11.3 Å². The summed E-state index contributed by atoms with van der Waals surface area (Å²) in [5.74, 6) is 1.80. The number of anilines is 1. The summed E-state index contributed by atoms with van der Waals surface area (Å²) in [7, 11) is 0. The molecular formula is C19H23N5OS2. The van der Waals surface area contributed by atoms with E-state index in [0.717, 1.165) is 55.2 Å². The van der Waals surface area contributed by atoms with Crippen molar-refractivity contribution < 1.29 is 4.79 Å². The fourth-order valence-electron chi connectivity index (χ4n) is 3.55. The normalized spacial score (nSPS) is 16.0. The first-order chi connectivity index (χ1) is 13.2. The molecule has 0 atom stereocenters. The molecule has 0 radical (unpaired) electrons. The number of nitrogens with zero attached hydrogens (tertiary/aromatic N) is 4. The number of thioether (sulfide) groups is 1. The molecule has 0 aliphatic heterocycles. The van der Waals surface area contributed by atoms with Crippen LogP contribution in [0.3, 0.4) is 0 Å². The van der Waals surface area contributed by atoms with Crippen LogP contribution in [-0.2, 0) is 24.2 Å². The zero-order valence-corrected chi connectivity index (χ0v) is 17.1. The van der Waals surface area contributed by atoms with E-state index < -0.39 is 0 Å². The Morgan fingerprint density at radius 2 is 2.19 bits per heavy atom. The Morgan fingerprint density at radius 1 is 1.37 bits per heavy atom. The van der Waals surface area contributed by atoms with E-state index in [2.05, 4.69) is 33.1 Å². The third-order valence-corrected chi connectivity index (χ3v) is 7.18. The molecule has 2 aromatic rings. The third-order valence-electron chi connectivity index (χ3n) is 5.00. The summed E-state index contributed by atoms with van der Waals surface area (Å²) in [6.45, 7) is 3.03. The highest BCUT2D eigenvalue weighted by Gasteiger charge is 2.30. The van der Waals surface area contributed by atoms with Gasteiger partial charge in [0, 0.05) is 17.3 Å². The molecule has 8 heteroatoms. The molecule has 0 unspecified atom stereocenters. The number of amides is 1. The Labute approximate surface area is 167 Å². The van der Waals surface area contributed by atoms with Crippen LogP contribution in [0.1, 0.15) is 66.8 Å². The Kier molecular flexibility index (Phi) is 5.50. The zero-order valence-electron chi connectivity index (χ0n) is 15.5. The molecule has 0 spiro atoms. The summed E-state index contributed by atoms with van der Waals surface area (Å²) in [6, 6.07) is 2.29. The van der Waals surface area contributed by atoms with Crippen molar-refractivity contribution in [3.05, 3.63) is 21.8 Å². The molecule has 0 aromatic carbocycles. The molecule has 1 fully saturated rings. The number of thiophene rings is 1. The summed E-state index contributed by atoms with van der Waals surface area (Å²) >= 11 is 2.99. The van der Waals surface area contributed by atoms with Crippen molar-refractivity contribution in [3.8, 4) is 6.07 Å². The predicted molar refractivity (Wildman–Crippen MR) is 107 cm³/mol. The average Bonchev–Trinajstić information content (AvgIpc) is 3.34. The van der Waals surface area contributed by atoms with Gasteiger partial charge in [-0.25, -0.2) is 0 Å². The number of carbonyl (C=O) groups is 1. The van der Waals surface area contributed by atoms with Gasteiger partial charge in [-0.3, -0.25) is 4.79 Å². The summed E-state index contributed by atoms with van der Waals surface area (Å²) < 4.78 is 2.17. The van der Waals surface area contributed by atoms with E-state index in [0.29, 0.717) is 16.5 Å². The highest BCUT2D eigenvalue weighted by atomic mass is 32.2. The predicted octanol–water partition coefficient (Wildman–Crippen LogP) is 4.11. The summed E-state index contributed by atoms with van der Waals surface area (Å²) in [4.78, 5) is 13.8. The number of aryl methyl sites for hydroxylation is 1. The standard InChI is InChI=1S/C19H23N5OS2/c1-2-9-24-17(12-7-8-12)22-23-19(24)26-11-16(25)21-18-14(10-20)13-5-3-4-6-15(13)27-18/h12H,2-9,11H2,1H3,(H,21,25). The van der Waals surface area contributed by atoms with E-state index in [-0.39, 0.29) is 11.7 Å². The molecular weight excluding hydrogens is 378 g/mol. The maximum Gasteiger partial charge on any atom is 0.235 e. The summed E-state index contributed by atoms with van der Waals surface area (Å²) in [5, 5.41) is 22.7. The molecule has 1 amide bonds. The van der Waals surface area contributed by atoms with Gasteiger partial charge >= 0.3 is 0 Å². The average molecular weight is 402 g/mol. The second-order valence-corrected chi connectivity index (χ2v) is 9.18. The minimum absolute atomic E-state index is 0.0888. The van der Waals surface area contributed by atoms with Gasteiger partial charge in [0.15, 0.2) is 5.16 Å². The molecule has 1 N–H and O–H groups in total. The van der Waals surface area contributed by atoms with E-state index >= 15 is 0 Å². The fraction of sp³-hybridized carbons (Fsp3) is 0.579. The second-order valence-electron chi connectivity index (χ2n) is 7.13. The summed E-state index contributed by atoms with van der Waals surface area (Å²) in [6.07, 6.45) is 7.65. The Balaban J connectivity index is 1.42. The van der Waals surface area contributed by atoms with E-state index in [1.165, 1.54) is 29.5 Å². The number of nitrogens with one attached hydrogen (secondary N) is 1. The second kappa shape index (κ2) is 8.03. The van der Waals surface area contributed by atoms with Crippen LogP contribution in [0.15, 0.2) is 5.16 Å². The van der Waals surface area contributed by atoms with Crippen molar-refractivity contribution >= 4 is 34.0 Å². The lowest BCUT2D eigenvalue weighted by atomic mass is 9.96. The van der Waals surface area contributed by atoms with Crippen molar-refractivity contribution in [2.75, 3.05) is 11.1 Å². The van der Waals surface area contributed by atoms with Gasteiger partial charge in [-0.15, -0.1) is 21.5 Å². The highest BCUT2D eigenvalue weighted by Crippen LogP contribution is 2.40. The number of fused-ring (bicyclic) bond motifs is 1. The van der Waals surface area contributed by atoms with Gasteiger partial charge in [0.1, 0.15) is 16.9 Å². The van der Waals surface area contributed by atoms with Crippen molar-refractivity contribution in [2.24, 2.45) is 0 Å². The number of nitriles is 1. The molecule has 2 aliphatic carbocycles. The Morgan fingerprint density at radius 3 is 2.93 bits per heavy atom. The molecule has 6 nitrogen and oxygen atoms in total. The van der Waals surface area contributed by atoms with Crippen LogP contribution >= 0.6 is 23.1 Å². The van der Waals surface area contributed by atoms with Crippen LogP contribution in [0.25, 0.3) is 0 Å². The van der Waals surface area contributed by atoms with Gasteiger partial charge in [0.05, 0.1) is 11.3 Å². The first-order valence-electron chi connectivity index (χ1n) is 9.61. The monoisotopic (exact) mass is 401 g/mol. The lowest BCUT2D eigenvalue weighted by Gasteiger charge is -2.09.